The Bertz CT molecular complexity index is 1330. The fourth-order valence-corrected chi connectivity index (χ4v) is 6.67. The molecule has 47 heavy (non-hydrogen) atoms. The molecule has 0 bridgehead atoms. The number of rotatable bonds is 8. The highest BCUT2D eigenvalue weighted by Gasteiger charge is 2.43. The molecule has 0 amide bonds. The van der Waals surface area contributed by atoms with Crippen molar-refractivity contribution >= 4 is 23.9 Å². The zero-order valence-corrected chi connectivity index (χ0v) is 26.3. The van der Waals surface area contributed by atoms with Crippen molar-refractivity contribution in [3.8, 4) is 0 Å². The number of hydrogen-bond donors (Lipinski definition) is 4. The van der Waals surface area contributed by atoms with E-state index in [9.17, 15) is 19.2 Å². The van der Waals surface area contributed by atoms with Gasteiger partial charge < -0.3 is 39.7 Å². The van der Waals surface area contributed by atoms with Gasteiger partial charge in [0.15, 0.2) is 0 Å². The van der Waals surface area contributed by atoms with E-state index in [4.69, 9.17) is 29.9 Å². The van der Waals surface area contributed by atoms with Crippen molar-refractivity contribution in [2.75, 3.05) is 39.3 Å². The average Bonchev–Trinajstić information content (AvgIpc) is 3.60. The van der Waals surface area contributed by atoms with Gasteiger partial charge in [-0.1, -0.05) is 48.5 Å². The summed E-state index contributed by atoms with van der Waals surface area (Å²) in [5.41, 5.74) is 5.68. The van der Waals surface area contributed by atoms with Crippen LogP contribution in [0.1, 0.15) is 54.4 Å². The molecule has 0 unspecified atom stereocenters. The first-order valence-electron chi connectivity index (χ1n) is 15.7. The third-order valence-corrected chi connectivity index (χ3v) is 9.04. The Labute approximate surface area is 273 Å². The Morgan fingerprint density at radius 1 is 0.574 bits per heavy atom. The summed E-state index contributed by atoms with van der Waals surface area (Å²) in [5, 5.41) is 31.2. The molecule has 0 aromatic heterocycles. The van der Waals surface area contributed by atoms with E-state index in [0.717, 1.165) is 65.1 Å². The van der Waals surface area contributed by atoms with E-state index in [-0.39, 0.29) is 11.2 Å². The van der Waals surface area contributed by atoms with Crippen molar-refractivity contribution in [3.05, 3.63) is 95.1 Å². The lowest BCUT2D eigenvalue weighted by Crippen LogP contribution is -2.45. The molecule has 2 aromatic rings. The SMILES string of the molecule is O=C(O)/C=C/C(=O)O.O=C(O)/C=C/C(=O)O.c1ccc2c(c1)COC21CCN(CCCN2CCC3(CC2)OCc2ccccc23)CC1. The fourth-order valence-electron chi connectivity index (χ4n) is 6.67. The number of piperidine rings is 2. The zero-order chi connectivity index (χ0) is 33.9. The Morgan fingerprint density at radius 3 is 1.21 bits per heavy atom. The third kappa shape index (κ3) is 9.82. The van der Waals surface area contributed by atoms with Crippen LogP contribution in [0.2, 0.25) is 0 Å². The van der Waals surface area contributed by atoms with E-state index >= 15 is 0 Å². The van der Waals surface area contributed by atoms with E-state index in [2.05, 4.69) is 58.3 Å². The normalized spacial score (nSPS) is 19.4. The van der Waals surface area contributed by atoms with E-state index in [0.29, 0.717) is 24.3 Å². The topological polar surface area (TPSA) is 174 Å². The minimum absolute atomic E-state index is 0.00808. The number of benzene rings is 2. The lowest BCUT2D eigenvalue weighted by molar-refractivity contribution is -0.134. The maximum absolute atomic E-state index is 9.55. The van der Waals surface area contributed by atoms with Crippen molar-refractivity contribution in [2.45, 2.75) is 56.5 Å². The van der Waals surface area contributed by atoms with Gasteiger partial charge in [0.2, 0.25) is 0 Å². The Balaban J connectivity index is 0.000000261. The second-order valence-corrected chi connectivity index (χ2v) is 11.9. The van der Waals surface area contributed by atoms with E-state index in [1.807, 2.05) is 0 Å². The number of fused-ring (bicyclic) bond motifs is 4. The monoisotopic (exact) mass is 650 g/mol. The van der Waals surface area contributed by atoms with Gasteiger partial charge in [0.1, 0.15) is 0 Å². The van der Waals surface area contributed by atoms with Crippen LogP contribution in [0.5, 0.6) is 0 Å². The van der Waals surface area contributed by atoms with Crippen molar-refractivity contribution in [1.82, 2.24) is 9.80 Å². The van der Waals surface area contributed by atoms with Crippen molar-refractivity contribution in [2.24, 2.45) is 0 Å². The number of aliphatic carboxylic acids is 4. The van der Waals surface area contributed by atoms with Crippen molar-refractivity contribution in [1.29, 1.82) is 0 Å². The first-order chi connectivity index (χ1) is 22.5. The molecule has 2 aromatic carbocycles. The Kier molecular flexibility index (Phi) is 12.4. The maximum atomic E-state index is 9.55. The molecule has 0 radical (unpaired) electrons. The van der Waals surface area contributed by atoms with Gasteiger partial charge in [0, 0.05) is 50.5 Å². The fraction of sp³-hybridized carbons (Fsp3) is 0.429. The number of carbonyl (C=O) groups is 4. The molecule has 2 fully saturated rings. The summed E-state index contributed by atoms with van der Waals surface area (Å²) in [6.07, 6.45) is 8.02. The largest absolute Gasteiger partial charge is 0.478 e. The van der Waals surface area contributed by atoms with Gasteiger partial charge in [-0.15, -0.1) is 0 Å². The van der Waals surface area contributed by atoms with E-state index in [1.165, 1.54) is 41.8 Å². The molecule has 2 spiro atoms. The quantitative estimate of drug-likeness (QED) is 0.305. The van der Waals surface area contributed by atoms with Gasteiger partial charge in [-0.2, -0.15) is 0 Å². The smallest absolute Gasteiger partial charge is 0.328 e. The standard InChI is InChI=1S/C27H34N2O2.2C4H4O4/c1-3-8-24-22(6-1)20-30-26(24)10-16-28(17-11-26)14-5-15-29-18-12-27(13-19-29)25-9-4-2-7-23(25)21-31-27;2*5-3(6)1-2-4(7)8/h1-4,6-9H,5,10-21H2;2*1-2H,(H,5,6)(H,7,8)/b;2*2-1+. The van der Waals surface area contributed by atoms with Crippen LogP contribution in [0, 0.1) is 0 Å². The maximum Gasteiger partial charge on any atom is 0.328 e. The summed E-state index contributed by atoms with van der Waals surface area (Å²) in [7, 11) is 0. The summed E-state index contributed by atoms with van der Waals surface area (Å²) in [4.78, 5) is 43.5. The van der Waals surface area contributed by atoms with Gasteiger partial charge in [-0.25, -0.2) is 19.2 Å². The van der Waals surface area contributed by atoms with E-state index < -0.39 is 23.9 Å². The summed E-state index contributed by atoms with van der Waals surface area (Å²) < 4.78 is 12.6. The molecule has 4 N–H and O–H groups in total. The molecule has 12 heteroatoms. The number of hydrogen-bond acceptors (Lipinski definition) is 8. The minimum atomic E-state index is -1.26. The van der Waals surface area contributed by atoms with Crippen molar-refractivity contribution in [3.63, 3.8) is 0 Å². The number of likely N-dealkylation sites (tertiary alicyclic amines) is 2. The number of carboxylic acid groups (broad SMARTS) is 4. The lowest BCUT2D eigenvalue weighted by Gasteiger charge is -2.41. The summed E-state index contributed by atoms with van der Waals surface area (Å²) >= 11 is 0. The lowest BCUT2D eigenvalue weighted by atomic mass is 9.83. The van der Waals surface area contributed by atoms with Gasteiger partial charge in [-0.05, 0) is 67.4 Å². The van der Waals surface area contributed by atoms with Crippen LogP contribution >= 0.6 is 0 Å². The third-order valence-electron chi connectivity index (χ3n) is 9.04. The predicted molar refractivity (Wildman–Crippen MR) is 171 cm³/mol. The first kappa shape index (κ1) is 35.5. The van der Waals surface area contributed by atoms with Crippen LogP contribution in [-0.2, 0) is 53.1 Å². The zero-order valence-electron chi connectivity index (χ0n) is 26.3. The van der Waals surface area contributed by atoms with Crippen LogP contribution in [0.4, 0.5) is 0 Å². The molecule has 4 heterocycles. The van der Waals surface area contributed by atoms with Crippen LogP contribution in [0.15, 0.2) is 72.8 Å². The number of carboxylic acids is 4. The van der Waals surface area contributed by atoms with Gasteiger partial charge in [-0.3, -0.25) is 0 Å². The molecule has 6 rings (SSSR count). The molecule has 4 aliphatic rings. The molecule has 2 saturated heterocycles. The molecular formula is C35H42N2O10. The average molecular weight is 651 g/mol. The Hall–Kier alpha value is -4.36. The minimum Gasteiger partial charge on any atom is -0.478 e. The van der Waals surface area contributed by atoms with Gasteiger partial charge in [0.25, 0.3) is 0 Å². The number of ether oxygens (including phenoxy) is 2. The number of nitrogens with zero attached hydrogens (tertiary/aromatic N) is 2. The van der Waals surface area contributed by atoms with Crippen molar-refractivity contribution < 1.29 is 49.1 Å². The molecule has 12 nitrogen and oxygen atoms in total. The Morgan fingerprint density at radius 2 is 0.894 bits per heavy atom. The first-order valence-corrected chi connectivity index (χ1v) is 15.7. The highest BCUT2D eigenvalue weighted by atomic mass is 16.5. The molecule has 0 atom stereocenters. The summed E-state index contributed by atoms with van der Waals surface area (Å²) in [5.74, 6) is -5.03. The summed E-state index contributed by atoms with van der Waals surface area (Å²) in [6.45, 7) is 8.62. The van der Waals surface area contributed by atoms with Gasteiger partial charge >= 0.3 is 23.9 Å². The second-order valence-electron chi connectivity index (χ2n) is 11.9. The summed E-state index contributed by atoms with van der Waals surface area (Å²) in [6, 6.07) is 17.6. The highest BCUT2D eigenvalue weighted by Crippen LogP contribution is 2.45. The molecule has 0 saturated carbocycles. The van der Waals surface area contributed by atoms with Crippen LogP contribution < -0.4 is 0 Å². The van der Waals surface area contributed by atoms with Crippen LogP contribution in [0.25, 0.3) is 0 Å². The molecule has 0 aliphatic carbocycles. The van der Waals surface area contributed by atoms with Gasteiger partial charge in [0.05, 0.1) is 24.4 Å². The highest BCUT2D eigenvalue weighted by molar-refractivity contribution is 5.90. The van der Waals surface area contributed by atoms with Crippen LogP contribution in [-0.4, -0.2) is 93.4 Å². The molecular weight excluding hydrogens is 608 g/mol. The molecule has 252 valence electrons. The van der Waals surface area contributed by atoms with Crippen LogP contribution in [0.3, 0.4) is 0 Å². The molecule has 4 aliphatic heterocycles. The van der Waals surface area contributed by atoms with E-state index in [1.54, 1.807) is 0 Å². The predicted octanol–water partition coefficient (Wildman–Crippen LogP) is 3.84. The second kappa shape index (κ2) is 16.5.